The third-order valence-corrected chi connectivity index (χ3v) is 12.7. The largest absolute Gasteiger partial charge is 0.465 e. The number of nitrogens with zero attached hydrogens (tertiary/aromatic N) is 5. The van der Waals surface area contributed by atoms with Gasteiger partial charge in [-0.2, -0.15) is 5.26 Å². The Kier molecular flexibility index (Phi) is 9.37. The first-order chi connectivity index (χ1) is 23.1. The summed E-state index contributed by atoms with van der Waals surface area (Å²) in [6, 6.07) is 11.0. The Bertz CT molecular complexity index is 2040. The number of halogens is 3. The van der Waals surface area contributed by atoms with Gasteiger partial charge in [0.2, 0.25) is 0 Å². The molecule has 3 fully saturated rings. The lowest BCUT2D eigenvalue weighted by molar-refractivity contribution is 0.0996. The van der Waals surface area contributed by atoms with Gasteiger partial charge in [-0.25, -0.2) is 19.0 Å². The van der Waals surface area contributed by atoms with Crippen LogP contribution in [0, 0.1) is 30.0 Å². The number of carbonyl (C=O) groups is 2. The lowest BCUT2D eigenvalue weighted by atomic mass is 9.79. The molecule has 2 amide bonds. The molecule has 3 aliphatic rings. The quantitative estimate of drug-likeness (QED) is 0.172. The van der Waals surface area contributed by atoms with Crippen LogP contribution in [0.25, 0.3) is 32.9 Å². The molecule has 2 aromatic carbocycles. The molecule has 0 radical (unpaired) electrons. The fraction of sp³-hybridized carbons (Fsp3) is 0.444. The molecule has 1 aliphatic carbocycles. The van der Waals surface area contributed by atoms with Gasteiger partial charge < -0.3 is 24.2 Å². The van der Waals surface area contributed by atoms with Crippen LogP contribution in [0.3, 0.4) is 0 Å². The summed E-state index contributed by atoms with van der Waals surface area (Å²) < 4.78 is 24.8. The SMILES string of the molecule is Cc1nc2c(F)c(-c3cccc(Cl)c3Cl)c(CCC#N)cc2c2c1cc(C(C)N(C)C(=O)OCC[Si](C)(C)C)n2[C@H]1[C@@H]2C[C@H]1N(C(=O)O)C2. The van der Waals surface area contributed by atoms with Gasteiger partial charge in [0.05, 0.1) is 46.4 Å². The minimum Gasteiger partial charge on any atom is -0.465 e. The van der Waals surface area contributed by atoms with Crippen LogP contribution in [0.1, 0.15) is 48.8 Å². The van der Waals surface area contributed by atoms with Crippen molar-refractivity contribution < 1.29 is 23.8 Å². The lowest BCUT2D eigenvalue weighted by Crippen LogP contribution is -2.43. The van der Waals surface area contributed by atoms with Gasteiger partial charge in [0, 0.05) is 67.3 Å². The molecule has 2 bridgehead atoms. The highest BCUT2D eigenvalue weighted by molar-refractivity contribution is 6.76. The summed E-state index contributed by atoms with van der Waals surface area (Å²) in [7, 11) is 0.279. The van der Waals surface area contributed by atoms with Gasteiger partial charge in [-0.05, 0) is 56.5 Å². The Labute approximate surface area is 296 Å². The summed E-state index contributed by atoms with van der Waals surface area (Å²) in [5.41, 5.74) is 3.46. The zero-order valence-electron chi connectivity index (χ0n) is 28.5. The van der Waals surface area contributed by atoms with Gasteiger partial charge in [-0.1, -0.05) is 55.0 Å². The van der Waals surface area contributed by atoms with Crippen LogP contribution in [-0.4, -0.2) is 71.0 Å². The summed E-state index contributed by atoms with van der Waals surface area (Å²) >= 11 is 13.0. The minimum atomic E-state index is -1.42. The second kappa shape index (κ2) is 13.1. The molecule has 2 saturated heterocycles. The van der Waals surface area contributed by atoms with E-state index in [4.69, 9.17) is 32.9 Å². The van der Waals surface area contributed by atoms with E-state index in [2.05, 4.69) is 30.3 Å². The average Bonchev–Trinajstić information content (AvgIpc) is 3.75. The smallest absolute Gasteiger partial charge is 0.410 e. The summed E-state index contributed by atoms with van der Waals surface area (Å²) in [4.78, 5) is 33.4. The standard InChI is InChI=1S/C36H40Cl2FN5O4Si/c1-19-24-17-27(20(2)42(3)36(47)48-13-14-49(4,5)6)44(33-22-16-28(33)43(18-22)35(45)46)34(24)25-15-21(9-8-12-40)29(31(39)32(25)41-19)23-10-7-11-26(37)30(23)38/h7,10-11,15,17,20,22,28,33H,8-9,13-14,16,18H2,1-6H3,(H,45,46)/t20?,22-,28-,33+/m1/s1. The van der Waals surface area contributed by atoms with Crippen molar-refractivity contribution in [1.82, 2.24) is 19.4 Å². The molecule has 7 rings (SSSR count). The molecule has 2 aromatic heterocycles. The fourth-order valence-electron chi connectivity index (χ4n) is 7.42. The van der Waals surface area contributed by atoms with Crippen LogP contribution in [0.4, 0.5) is 14.0 Å². The van der Waals surface area contributed by atoms with Crippen LogP contribution in [0.15, 0.2) is 30.3 Å². The van der Waals surface area contributed by atoms with Crippen molar-refractivity contribution in [3.63, 3.8) is 0 Å². The predicted molar refractivity (Wildman–Crippen MR) is 193 cm³/mol. The van der Waals surface area contributed by atoms with Gasteiger partial charge in [0.25, 0.3) is 0 Å². The lowest BCUT2D eigenvalue weighted by Gasteiger charge is -2.40. The van der Waals surface area contributed by atoms with Gasteiger partial charge in [-0.15, -0.1) is 0 Å². The Morgan fingerprint density at radius 2 is 1.98 bits per heavy atom. The molecule has 1 unspecified atom stereocenters. The molecule has 49 heavy (non-hydrogen) atoms. The summed E-state index contributed by atoms with van der Waals surface area (Å²) in [5.74, 6) is -0.526. The summed E-state index contributed by atoms with van der Waals surface area (Å²) in [5, 5.41) is 21.3. The Morgan fingerprint density at radius 3 is 2.63 bits per heavy atom. The second-order valence-electron chi connectivity index (χ2n) is 14.5. The Balaban J connectivity index is 1.58. The number of hydrogen-bond donors (Lipinski definition) is 1. The number of carbonyl (C=O) groups excluding carboxylic acids is 1. The molecule has 4 aromatic rings. The number of aryl methyl sites for hydroxylation is 2. The van der Waals surface area contributed by atoms with Crippen molar-refractivity contribution in [2.24, 2.45) is 5.92 Å². The van der Waals surface area contributed by atoms with E-state index in [-0.39, 0.29) is 52.0 Å². The number of amides is 2. The van der Waals surface area contributed by atoms with Crippen molar-refractivity contribution in [3.05, 3.63) is 63.1 Å². The number of pyridine rings is 1. The van der Waals surface area contributed by atoms with Crippen molar-refractivity contribution in [1.29, 1.82) is 5.26 Å². The van der Waals surface area contributed by atoms with Gasteiger partial charge >= 0.3 is 12.2 Å². The van der Waals surface area contributed by atoms with E-state index in [1.54, 1.807) is 30.1 Å². The normalized spacial score (nSPS) is 19.2. The van der Waals surface area contributed by atoms with E-state index in [9.17, 15) is 20.0 Å². The van der Waals surface area contributed by atoms with Crippen LogP contribution in [-0.2, 0) is 11.2 Å². The first-order valence-electron chi connectivity index (χ1n) is 16.5. The number of fused-ring (bicyclic) bond motifs is 4. The molecule has 4 atom stereocenters. The second-order valence-corrected chi connectivity index (χ2v) is 20.9. The maximum atomic E-state index is 17.0. The molecule has 2 aliphatic heterocycles. The van der Waals surface area contributed by atoms with Crippen LogP contribution < -0.4 is 0 Å². The van der Waals surface area contributed by atoms with E-state index < -0.39 is 32.1 Å². The number of aromatic nitrogens is 2. The molecule has 1 N–H and O–H groups in total. The van der Waals surface area contributed by atoms with E-state index in [1.165, 1.54) is 4.90 Å². The number of ether oxygens (including phenoxy) is 1. The first kappa shape index (κ1) is 35.0. The molecule has 258 valence electrons. The maximum Gasteiger partial charge on any atom is 0.410 e. The van der Waals surface area contributed by atoms with Crippen molar-refractivity contribution in [2.45, 2.75) is 76.9 Å². The number of benzene rings is 2. The zero-order chi connectivity index (χ0) is 35.5. The van der Waals surface area contributed by atoms with Crippen LogP contribution >= 0.6 is 23.2 Å². The molecular formula is C36H40Cl2FN5O4Si. The third-order valence-electron chi connectivity index (χ3n) is 10.2. The summed E-state index contributed by atoms with van der Waals surface area (Å²) in [6.07, 6.45) is -0.292. The van der Waals surface area contributed by atoms with Gasteiger partial charge in [0.1, 0.15) is 5.52 Å². The number of rotatable bonds is 9. The molecule has 4 heterocycles. The highest BCUT2D eigenvalue weighted by atomic mass is 35.5. The fourth-order valence-corrected chi connectivity index (χ4v) is 8.53. The molecular weight excluding hydrogens is 684 g/mol. The highest BCUT2D eigenvalue weighted by Gasteiger charge is 2.56. The summed E-state index contributed by atoms with van der Waals surface area (Å²) in [6.45, 7) is 11.1. The zero-order valence-corrected chi connectivity index (χ0v) is 31.0. The number of hydrogen-bond acceptors (Lipinski definition) is 5. The topological polar surface area (TPSA) is 112 Å². The van der Waals surface area contributed by atoms with E-state index in [0.717, 1.165) is 29.1 Å². The van der Waals surface area contributed by atoms with E-state index in [1.807, 2.05) is 26.0 Å². The highest BCUT2D eigenvalue weighted by Crippen LogP contribution is 2.53. The molecule has 1 saturated carbocycles. The van der Waals surface area contributed by atoms with Gasteiger partial charge in [0.15, 0.2) is 5.82 Å². The van der Waals surface area contributed by atoms with E-state index in [0.29, 0.717) is 35.4 Å². The van der Waals surface area contributed by atoms with Crippen molar-refractivity contribution in [3.8, 4) is 17.2 Å². The average molecular weight is 725 g/mol. The van der Waals surface area contributed by atoms with Crippen LogP contribution in [0.2, 0.25) is 35.7 Å². The molecule has 0 spiro atoms. The van der Waals surface area contributed by atoms with Gasteiger partial charge in [-0.3, -0.25) is 0 Å². The number of nitriles is 1. The monoisotopic (exact) mass is 723 g/mol. The minimum absolute atomic E-state index is 0.0487. The Hall–Kier alpha value is -3.85. The van der Waals surface area contributed by atoms with Crippen molar-refractivity contribution >= 4 is 65.3 Å². The molecule has 13 heteroatoms. The third kappa shape index (κ3) is 6.13. The first-order valence-corrected chi connectivity index (χ1v) is 21.0. The Morgan fingerprint density at radius 1 is 1.24 bits per heavy atom. The number of carboxylic acid groups (broad SMARTS) is 1. The maximum absolute atomic E-state index is 17.0. The van der Waals surface area contributed by atoms with Crippen molar-refractivity contribution in [2.75, 3.05) is 20.2 Å². The van der Waals surface area contributed by atoms with Crippen LogP contribution in [0.5, 0.6) is 0 Å². The predicted octanol–water partition coefficient (Wildman–Crippen LogP) is 9.46. The molecule has 9 nitrogen and oxygen atoms in total. The van der Waals surface area contributed by atoms with E-state index >= 15 is 4.39 Å².